The number of benzene rings is 2. The minimum absolute atomic E-state index is 0.393. The van der Waals surface area contributed by atoms with Crippen LogP contribution in [0.25, 0.3) is 11.1 Å². The van der Waals surface area contributed by atoms with Gasteiger partial charge in [-0.1, -0.05) is 30.3 Å². The molecule has 0 radical (unpaired) electrons. The van der Waals surface area contributed by atoms with E-state index >= 15 is 0 Å². The summed E-state index contributed by atoms with van der Waals surface area (Å²) in [4.78, 5) is 23.1. The highest BCUT2D eigenvalue weighted by Gasteiger charge is 2.24. The summed E-state index contributed by atoms with van der Waals surface area (Å²) in [6.45, 7) is 7.35. The van der Waals surface area contributed by atoms with E-state index in [9.17, 15) is 4.79 Å². The molecule has 35 heavy (non-hydrogen) atoms. The molecular weight excluding hydrogens is 440 g/mol. The quantitative estimate of drug-likeness (QED) is 0.371. The van der Waals surface area contributed by atoms with Gasteiger partial charge in [-0.2, -0.15) is 5.10 Å². The molecule has 2 aromatic heterocycles. The Morgan fingerprint density at radius 1 is 1.03 bits per heavy atom. The Hall–Kier alpha value is -4.20. The molecule has 0 bridgehead atoms. The first-order chi connectivity index (χ1) is 16.9. The summed E-state index contributed by atoms with van der Waals surface area (Å²) in [6.07, 6.45) is 6.34. The van der Waals surface area contributed by atoms with Crippen LogP contribution in [-0.4, -0.2) is 38.0 Å². The number of anilines is 2. The smallest absolute Gasteiger partial charge is 0.415 e. The second-order valence-electron chi connectivity index (χ2n) is 9.10. The van der Waals surface area contributed by atoms with Crippen molar-refractivity contribution >= 4 is 17.5 Å². The predicted molar refractivity (Wildman–Crippen MR) is 137 cm³/mol. The summed E-state index contributed by atoms with van der Waals surface area (Å²) in [5, 5.41) is 7.64. The van der Waals surface area contributed by atoms with Crippen molar-refractivity contribution in [1.29, 1.82) is 0 Å². The molecule has 0 atom stereocenters. The molecule has 0 spiro atoms. The SMILES string of the molecule is CC(C)(C)OC(=O)N(Cc1ccccc1)c1ccc(NCCn2cncn2)c(-c2ccncc2)c1. The molecule has 0 saturated carbocycles. The zero-order valence-corrected chi connectivity index (χ0v) is 20.3. The van der Waals surface area contributed by atoms with Gasteiger partial charge in [-0.15, -0.1) is 0 Å². The number of hydrogen-bond acceptors (Lipinski definition) is 6. The van der Waals surface area contributed by atoms with Gasteiger partial charge in [0.15, 0.2) is 0 Å². The fourth-order valence-corrected chi connectivity index (χ4v) is 3.62. The van der Waals surface area contributed by atoms with Gasteiger partial charge in [0, 0.05) is 35.9 Å². The van der Waals surface area contributed by atoms with Crippen molar-refractivity contribution in [2.45, 2.75) is 39.5 Å². The Morgan fingerprint density at radius 3 is 2.49 bits per heavy atom. The number of aromatic nitrogens is 4. The summed E-state index contributed by atoms with van der Waals surface area (Å²) in [6, 6.07) is 19.8. The van der Waals surface area contributed by atoms with Crippen LogP contribution in [-0.2, 0) is 17.8 Å². The van der Waals surface area contributed by atoms with Crippen LogP contribution in [0.3, 0.4) is 0 Å². The van der Waals surface area contributed by atoms with E-state index in [1.807, 2.05) is 81.4 Å². The molecule has 0 unspecified atom stereocenters. The number of nitrogens with one attached hydrogen (secondary N) is 1. The van der Waals surface area contributed by atoms with Crippen LogP contribution in [0.5, 0.6) is 0 Å². The molecule has 4 rings (SSSR count). The van der Waals surface area contributed by atoms with Crippen LogP contribution in [0.15, 0.2) is 85.7 Å². The summed E-state index contributed by atoms with van der Waals surface area (Å²) < 4.78 is 7.53. The lowest BCUT2D eigenvalue weighted by atomic mass is 10.0. The highest BCUT2D eigenvalue weighted by molar-refractivity contribution is 5.91. The third-order valence-corrected chi connectivity index (χ3v) is 5.23. The van der Waals surface area contributed by atoms with Crippen LogP contribution >= 0.6 is 0 Å². The molecule has 0 aliphatic rings. The summed E-state index contributed by atoms with van der Waals surface area (Å²) in [5.74, 6) is 0. The molecule has 8 nitrogen and oxygen atoms in total. The lowest BCUT2D eigenvalue weighted by Gasteiger charge is -2.28. The maximum Gasteiger partial charge on any atom is 0.415 e. The number of nitrogens with zero attached hydrogens (tertiary/aromatic N) is 5. The Labute approximate surface area is 205 Å². The molecule has 1 N–H and O–H groups in total. The van der Waals surface area contributed by atoms with Crippen molar-refractivity contribution in [1.82, 2.24) is 19.7 Å². The maximum atomic E-state index is 13.3. The number of hydrogen-bond donors (Lipinski definition) is 1. The summed E-state index contributed by atoms with van der Waals surface area (Å²) >= 11 is 0. The number of ether oxygens (including phenoxy) is 1. The summed E-state index contributed by atoms with van der Waals surface area (Å²) in [7, 11) is 0. The van der Waals surface area contributed by atoms with Gasteiger partial charge in [-0.25, -0.2) is 9.78 Å². The molecule has 2 aromatic carbocycles. The van der Waals surface area contributed by atoms with E-state index < -0.39 is 11.7 Å². The first-order valence-electron chi connectivity index (χ1n) is 11.5. The van der Waals surface area contributed by atoms with Gasteiger partial charge in [0.2, 0.25) is 0 Å². The molecule has 0 saturated heterocycles. The Kier molecular flexibility index (Phi) is 7.40. The standard InChI is InChI=1S/C27H30N6O2/c1-27(2,3)35-26(34)33(18-21-7-5-4-6-8-21)23-9-10-25(30-15-16-32-20-29-19-31-32)24(17-23)22-11-13-28-14-12-22/h4-14,17,19-20,30H,15-16,18H2,1-3H3. The van der Waals surface area contributed by atoms with E-state index in [4.69, 9.17) is 4.74 Å². The van der Waals surface area contributed by atoms with E-state index in [0.29, 0.717) is 19.6 Å². The van der Waals surface area contributed by atoms with Crippen LogP contribution in [0.4, 0.5) is 16.2 Å². The first kappa shape index (κ1) is 23.9. The highest BCUT2D eigenvalue weighted by atomic mass is 16.6. The zero-order chi connectivity index (χ0) is 24.7. The second-order valence-corrected chi connectivity index (χ2v) is 9.10. The summed E-state index contributed by atoms with van der Waals surface area (Å²) in [5.41, 5.74) is 4.06. The zero-order valence-electron chi connectivity index (χ0n) is 20.3. The number of rotatable bonds is 8. The lowest BCUT2D eigenvalue weighted by molar-refractivity contribution is 0.0577. The Balaban J connectivity index is 1.67. The average Bonchev–Trinajstić information content (AvgIpc) is 3.36. The van der Waals surface area contributed by atoms with Gasteiger partial charge < -0.3 is 10.1 Å². The largest absolute Gasteiger partial charge is 0.443 e. The van der Waals surface area contributed by atoms with E-state index in [1.54, 1.807) is 28.3 Å². The van der Waals surface area contributed by atoms with Crippen molar-refractivity contribution in [3.8, 4) is 11.1 Å². The molecule has 0 fully saturated rings. The van der Waals surface area contributed by atoms with E-state index in [1.165, 1.54) is 6.33 Å². The fourth-order valence-electron chi connectivity index (χ4n) is 3.62. The third-order valence-electron chi connectivity index (χ3n) is 5.23. The Morgan fingerprint density at radius 2 is 1.80 bits per heavy atom. The van der Waals surface area contributed by atoms with E-state index in [2.05, 4.69) is 20.4 Å². The van der Waals surface area contributed by atoms with E-state index in [-0.39, 0.29) is 0 Å². The van der Waals surface area contributed by atoms with Gasteiger partial charge in [0.25, 0.3) is 0 Å². The van der Waals surface area contributed by atoms with Gasteiger partial charge in [0.1, 0.15) is 18.3 Å². The molecule has 180 valence electrons. The van der Waals surface area contributed by atoms with Gasteiger partial charge in [-0.3, -0.25) is 14.6 Å². The number of carbonyl (C=O) groups excluding carboxylic acids is 1. The minimum atomic E-state index is -0.608. The molecule has 8 heteroatoms. The maximum absolute atomic E-state index is 13.3. The van der Waals surface area contributed by atoms with Crippen LogP contribution < -0.4 is 10.2 Å². The van der Waals surface area contributed by atoms with Gasteiger partial charge >= 0.3 is 6.09 Å². The lowest BCUT2D eigenvalue weighted by Crippen LogP contribution is -2.36. The molecule has 4 aromatic rings. The van der Waals surface area contributed by atoms with Crippen molar-refractivity contribution in [3.05, 3.63) is 91.3 Å². The normalized spacial score (nSPS) is 11.2. The van der Waals surface area contributed by atoms with Crippen molar-refractivity contribution < 1.29 is 9.53 Å². The van der Waals surface area contributed by atoms with Crippen molar-refractivity contribution in [2.24, 2.45) is 0 Å². The third kappa shape index (κ3) is 6.66. The van der Waals surface area contributed by atoms with Crippen molar-refractivity contribution in [3.63, 3.8) is 0 Å². The second kappa shape index (κ2) is 10.8. The molecular formula is C27H30N6O2. The number of carbonyl (C=O) groups is 1. The first-order valence-corrected chi connectivity index (χ1v) is 11.5. The molecule has 0 aliphatic heterocycles. The highest BCUT2D eigenvalue weighted by Crippen LogP contribution is 2.33. The molecule has 0 aliphatic carbocycles. The molecule has 1 amide bonds. The van der Waals surface area contributed by atoms with Crippen LogP contribution in [0, 0.1) is 0 Å². The fraction of sp³-hybridized carbons (Fsp3) is 0.259. The van der Waals surface area contributed by atoms with E-state index in [0.717, 1.165) is 28.1 Å². The topological polar surface area (TPSA) is 85.2 Å². The van der Waals surface area contributed by atoms with Gasteiger partial charge in [-0.05, 0) is 62.2 Å². The van der Waals surface area contributed by atoms with Crippen LogP contribution in [0.2, 0.25) is 0 Å². The number of pyridine rings is 1. The number of amides is 1. The molecule has 2 heterocycles. The minimum Gasteiger partial charge on any atom is -0.443 e. The Bertz CT molecular complexity index is 1220. The van der Waals surface area contributed by atoms with Crippen molar-refractivity contribution in [2.75, 3.05) is 16.8 Å². The monoisotopic (exact) mass is 470 g/mol. The van der Waals surface area contributed by atoms with Gasteiger partial charge in [0.05, 0.1) is 13.1 Å². The average molecular weight is 471 g/mol. The van der Waals surface area contributed by atoms with Crippen LogP contribution in [0.1, 0.15) is 26.3 Å². The predicted octanol–water partition coefficient (Wildman–Crippen LogP) is 5.39.